The van der Waals surface area contributed by atoms with Crippen molar-refractivity contribution in [2.24, 2.45) is 0 Å². The Hall–Kier alpha value is -2.00. The number of hydrogen-bond acceptors (Lipinski definition) is 3. The van der Waals surface area contributed by atoms with E-state index in [1.54, 1.807) is 14.2 Å². The number of aryl methyl sites for hydroxylation is 2. The highest BCUT2D eigenvalue weighted by atomic mass is 16.5. The van der Waals surface area contributed by atoms with Crippen LogP contribution in [0.25, 0.3) is 0 Å². The predicted molar refractivity (Wildman–Crippen MR) is 86.4 cm³/mol. The fraction of sp³-hybridized carbons (Fsp3) is 0.333. The topological polar surface area (TPSA) is 30.5 Å². The van der Waals surface area contributed by atoms with Gasteiger partial charge in [-0.3, -0.25) is 0 Å². The predicted octanol–water partition coefficient (Wildman–Crippen LogP) is 3.63. The fourth-order valence-corrected chi connectivity index (χ4v) is 2.57. The molecule has 2 rings (SSSR count). The Balaban J connectivity index is 2.52. The smallest absolute Gasteiger partial charge is 0.122 e. The number of methoxy groups -OCH3 is 2. The van der Waals surface area contributed by atoms with Crippen molar-refractivity contribution >= 4 is 0 Å². The van der Waals surface area contributed by atoms with Crippen molar-refractivity contribution in [1.82, 2.24) is 5.32 Å². The Morgan fingerprint density at radius 2 is 1.52 bits per heavy atom. The Labute approximate surface area is 126 Å². The van der Waals surface area contributed by atoms with Gasteiger partial charge in [0.2, 0.25) is 0 Å². The summed E-state index contributed by atoms with van der Waals surface area (Å²) in [5.41, 5.74) is 4.92. The largest absolute Gasteiger partial charge is 0.497 e. The summed E-state index contributed by atoms with van der Waals surface area (Å²) in [6.45, 7) is 4.25. The third-order valence-electron chi connectivity index (χ3n) is 3.74. The van der Waals surface area contributed by atoms with Crippen LogP contribution in [0.2, 0.25) is 0 Å². The third-order valence-corrected chi connectivity index (χ3v) is 3.74. The summed E-state index contributed by atoms with van der Waals surface area (Å²) in [6.07, 6.45) is 0. The second-order valence-electron chi connectivity index (χ2n) is 5.23. The monoisotopic (exact) mass is 285 g/mol. The van der Waals surface area contributed by atoms with Gasteiger partial charge in [0.15, 0.2) is 0 Å². The molecule has 0 radical (unpaired) electrons. The van der Waals surface area contributed by atoms with Crippen molar-refractivity contribution < 1.29 is 9.47 Å². The molecule has 0 aromatic heterocycles. The van der Waals surface area contributed by atoms with Gasteiger partial charge in [0.25, 0.3) is 0 Å². The summed E-state index contributed by atoms with van der Waals surface area (Å²) in [7, 11) is 5.31. The van der Waals surface area contributed by atoms with E-state index in [1.165, 1.54) is 16.7 Å². The van der Waals surface area contributed by atoms with Gasteiger partial charge in [-0.2, -0.15) is 0 Å². The summed E-state index contributed by atoms with van der Waals surface area (Å²) in [5.74, 6) is 1.60. The molecule has 21 heavy (non-hydrogen) atoms. The molecule has 112 valence electrons. The van der Waals surface area contributed by atoms with Crippen molar-refractivity contribution in [3.05, 3.63) is 58.7 Å². The molecular weight excluding hydrogens is 262 g/mol. The lowest BCUT2D eigenvalue weighted by Gasteiger charge is -2.21. The molecule has 3 heteroatoms. The number of nitrogens with one attached hydrogen (secondary N) is 1. The van der Waals surface area contributed by atoms with Crippen LogP contribution in [0, 0.1) is 13.8 Å². The lowest BCUT2D eigenvalue weighted by Crippen LogP contribution is -2.19. The molecule has 0 saturated carbocycles. The van der Waals surface area contributed by atoms with E-state index in [1.807, 2.05) is 25.2 Å². The maximum Gasteiger partial charge on any atom is 0.122 e. The summed E-state index contributed by atoms with van der Waals surface area (Å²) < 4.78 is 10.7. The molecule has 1 N–H and O–H groups in total. The van der Waals surface area contributed by atoms with E-state index in [2.05, 4.69) is 37.4 Å². The van der Waals surface area contributed by atoms with Gasteiger partial charge in [0, 0.05) is 6.07 Å². The molecule has 0 amide bonds. The van der Waals surface area contributed by atoms with Gasteiger partial charge in [0.1, 0.15) is 11.5 Å². The zero-order valence-corrected chi connectivity index (χ0v) is 13.4. The number of hydrogen-bond donors (Lipinski definition) is 1. The molecule has 0 aliphatic heterocycles. The van der Waals surface area contributed by atoms with E-state index in [-0.39, 0.29) is 6.04 Å². The minimum atomic E-state index is 0.105. The third kappa shape index (κ3) is 3.37. The van der Waals surface area contributed by atoms with Crippen molar-refractivity contribution in [2.45, 2.75) is 19.9 Å². The minimum Gasteiger partial charge on any atom is -0.497 e. The zero-order chi connectivity index (χ0) is 15.4. The minimum absolute atomic E-state index is 0.105. The quantitative estimate of drug-likeness (QED) is 0.910. The first-order valence-electron chi connectivity index (χ1n) is 7.06. The van der Waals surface area contributed by atoms with E-state index in [4.69, 9.17) is 9.47 Å². The molecule has 1 atom stereocenters. The van der Waals surface area contributed by atoms with E-state index < -0.39 is 0 Å². The summed E-state index contributed by atoms with van der Waals surface area (Å²) in [5, 5.41) is 3.39. The van der Waals surface area contributed by atoms with Crippen LogP contribution in [0.5, 0.6) is 11.5 Å². The SMILES string of the molecule is CNC(c1cc(OC)cc(OC)c1)c1cc(C)ccc1C. The highest BCUT2D eigenvalue weighted by Gasteiger charge is 2.16. The number of benzene rings is 2. The first-order valence-corrected chi connectivity index (χ1v) is 7.06. The maximum absolute atomic E-state index is 5.37. The molecule has 0 heterocycles. The second kappa shape index (κ2) is 6.64. The average molecular weight is 285 g/mol. The van der Waals surface area contributed by atoms with Gasteiger partial charge in [0.05, 0.1) is 20.3 Å². The lowest BCUT2D eigenvalue weighted by atomic mass is 9.93. The highest BCUT2D eigenvalue weighted by molar-refractivity contribution is 5.45. The summed E-state index contributed by atoms with van der Waals surface area (Å²) >= 11 is 0. The zero-order valence-electron chi connectivity index (χ0n) is 13.4. The Morgan fingerprint density at radius 3 is 2.05 bits per heavy atom. The van der Waals surface area contributed by atoms with Gasteiger partial charge in [-0.25, -0.2) is 0 Å². The van der Waals surface area contributed by atoms with E-state index in [0.717, 1.165) is 17.1 Å². The number of ether oxygens (including phenoxy) is 2. The van der Waals surface area contributed by atoms with Crippen LogP contribution < -0.4 is 14.8 Å². The van der Waals surface area contributed by atoms with Crippen molar-refractivity contribution in [1.29, 1.82) is 0 Å². The normalized spacial score (nSPS) is 12.0. The van der Waals surface area contributed by atoms with Crippen LogP contribution in [0.4, 0.5) is 0 Å². The molecule has 0 saturated heterocycles. The van der Waals surface area contributed by atoms with E-state index in [9.17, 15) is 0 Å². The maximum atomic E-state index is 5.37. The van der Waals surface area contributed by atoms with Gasteiger partial charge in [-0.15, -0.1) is 0 Å². The molecule has 2 aromatic carbocycles. The van der Waals surface area contributed by atoms with Crippen molar-refractivity contribution in [3.8, 4) is 11.5 Å². The molecule has 0 fully saturated rings. The number of rotatable bonds is 5. The fourth-order valence-electron chi connectivity index (χ4n) is 2.57. The van der Waals surface area contributed by atoms with Gasteiger partial charge in [-0.05, 0) is 49.7 Å². The van der Waals surface area contributed by atoms with Crippen LogP contribution >= 0.6 is 0 Å². The first-order chi connectivity index (χ1) is 10.1. The Bertz CT molecular complexity index is 600. The van der Waals surface area contributed by atoms with Crippen LogP contribution in [0.3, 0.4) is 0 Å². The van der Waals surface area contributed by atoms with Gasteiger partial charge in [-0.1, -0.05) is 23.8 Å². The summed E-state index contributed by atoms with van der Waals surface area (Å²) in [6, 6.07) is 12.6. The molecule has 0 aliphatic carbocycles. The first kappa shape index (κ1) is 15.4. The van der Waals surface area contributed by atoms with Crippen LogP contribution in [0.1, 0.15) is 28.3 Å². The molecule has 1 unspecified atom stereocenters. The van der Waals surface area contributed by atoms with Crippen LogP contribution in [-0.2, 0) is 0 Å². The standard InChI is InChI=1S/C18H23NO2/c1-12-6-7-13(2)17(8-12)18(19-3)14-9-15(20-4)11-16(10-14)21-5/h6-11,18-19H,1-5H3. The molecular formula is C18H23NO2. The van der Waals surface area contributed by atoms with Crippen LogP contribution in [0.15, 0.2) is 36.4 Å². The Kier molecular flexibility index (Phi) is 4.86. The second-order valence-corrected chi connectivity index (χ2v) is 5.23. The van der Waals surface area contributed by atoms with Gasteiger partial charge >= 0.3 is 0 Å². The molecule has 2 aromatic rings. The average Bonchev–Trinajstić information content (AvgIpc) is 2.51. The Morgan fingerprint density at radius 1 is 0.905 bits per heavy atom. The van der Waals surface area contributed by atoms with Gasteiger partial charge < -0.3 is 14.8 Å². The summed E-state index contributed by atoms with van der Waals surface area (Å²) in [4.78, 5) is 0. The van der Waals surface area contributed by atoms with Crippen molar-refractivity contribution in [2.75, 3.05) is 21.3 Å². The molecule has 0 aliphatic rings. The molecule has 0 bridgehead atoms. The van der Waals surface area contributed by atoms with Crippen molar-refractivity contribution in [3.63, 3.8) is 0 Å². The lowest BCUT2D eigenvalue weighted by molar-refractivity contribution is 0.392. The molecule has 3 nitrogen and oxygen atoms in total. The highest BCUT2D eigenvalue weighted by Crippen LogP contribution is 2.31. The molecule has 0 spiro atoms. The van der Waals surface area contributed by atoms with E-state index in [0.29, 0.717) is 0 Å². The van der Waals surface area contributed by atoms with E-state index >= 15 is 0 Å². The van der Waals surface area contributed by atoms with Crippen LogP contribution in [-0.4, -0.2) is 21.3 Å².